The summed E-state index contributed by atoms with van der Waals surface area (Å²) in [5.74, 6) is -0.295. The molecule has 19 heavy (non-hydrogen) atoms. The number of nitrogens with one attached hydrogen (secondary N) is 2. The van der Waals surface area contributed by atoms with Crippen molar-refractivity contribution < 1.29 is 18.7 Å². The van der Waals surface area contributed by atoms with Crippen LogP contribution in [-0.4, -0.2) is 18.9 Å². The zero-order chi connectivity index (χ0) is 13.7. The monoisotopic (exact) mass is 260 g/mol. The molecule has 0 radical (unpaired) electrons. The fourth-order valence-electron chi connectivity index (χ4n) is 1.42. The molecule has 0 aliphatic rings. The quantitative estimate of drug-likeness (QED) is 0.816. The Morgan fingerprint density at radius 2 is 1.89 bits per heavy atom. The van der Waals surface area contributed by atoms with Crippen molar-refractivity contribution in [3.8, 4) is 5.75 Å². The van der Waals surface area contributed by atoms with E-state index in [2.05, 4.69) is 10.9 Å². The molecule has 1 aromatic carbocycles. The molecule has 6 heteroatoms. The molecule has 2 aromatic rings. The van der Waals surface area contributed by atoms with Crippen molar-refractivity contribution >= 4 is 11.8 Å². The molecular formula is C13H12N2O4. The fourth-order valence-corrected chi connectivity index (χ4v) is 1.42. The van der Waals surface area contributed by atoms with Gasteiger partial charge in [-0.25, -0.2) is 0 Å². The van der Waals surface area contributed by atoms with Crippen molar-refractivity contribution in [2.24, 2.45) is 0 Å². The Hall–Kier alpha value is -2.76. The molecule has 1 heterocycles. The van der Waals surface area contributed by atoms with Gasteiger partial charge in [-0.1, -0.05) is 6.07 Å². The van der Waals surface area contributed by atoms with Crippen molar-refractivity contribution in [1.82, 2.24) is 10.9 Å². The first-order valence-electron chi connectivity index (χ1n) is 5.49. The van der Waals surface area contributed by atoms with E-state index in [1.165, 1.54) is 19.4 Å². The summed E-state index contributed by atoms with van der Waals surface area (Å²) in [6.07, 6.45) is 1.37. The SMILES string of the molecule is COc1cccc(C(=O)NNC(=O)c2ccco2)c1. The third-order valence-corrected chi connectivity index (χ3v) is 2.37. The van der Waals surface area contributed by atoms with Gasteiger partial charge in [-0.2, -0.15) is 0 Å². The Labute approximate surface area is 109 Å². The standard InChI is InChI=1S/C13H12N2O4/c1-18-10-5-2-4-9(8-10)12(16)14-15-13(17)11-6-3-7-19-11/h2-8H,1H3,(H,14,16)(H,15,17). The number of hydrogen-bond acceptors (Lipinski definition) is 4. The molecule has 0 fully saturated rings. The number of furan rings is 1. The van der Waals surface area contributed by atoms with Gasteiger partial charge in [0.1, 0.15) is 5.75 Å². The topological polar surface area (TPSA) is 80.6 Å². The maximum Gasteiger partial charge on any atom is 0.305 e. The highest BCUT2D eigenvalue weighted by Crippen LogP contribution is 2.12. The van der Waals surface area contributed by atoms with Crippen LogP contribution < -0.4 is 15.6 Å². The van der Waals surface area contributed by atoms with Gasteiger partial charge in [-0.05, 0) is 30.3 Å². The van der Waals surface area contributed by atoms with Crippen molar-refractivity contribution in [3.63, 3.8) is 0 Å². The van der Waals surface area contributed by atoms with Crippen LogP contribution in [0.5, 0.6) is 5.75 Å². The number of carbonyl (C=O) groups is 2. The van der Waals surface area contributed by atoms with Crippen molar-refractivity contribution in [2.45, 2.75) is 0 Å². The summed E-state index contributed by atoms with van der Waals surface area (Å²) in [5, 5.41) is 0. The summed E-state index contributed by atoms with van der Waals surface area (Å²) >= 11 is 0. The molecule has 0 spiro atoms. The maximum absolute atomic E-state index is 11.8. The maximum atomic E-state index is 11.8. The predicted molar refractivity (Wildman–Crippen MR) is 66.6 cm³/mol. The van der Waals surface area contributed by atoms with Crippen molar-refractivity contribution in [2.75, 3.05) is 7.11 Å². The van der Waals surface area contributed by atoms with E-state index in [1.807, 2.05) is 0 Å². The van der Waals surface area contributed by atoms with Crippen LogP contribution in [0.2, 0.25) is 0 Å². The van der Waals surface area contributed by atoms with Gasteiger partial charge in [0, 0.05) is 5.56 Å². The average Bonchev–Trinajstić information content (AvgIpc) is 2.98. The zero-order valence-electron chi connectivity index (χ0n) is 10.2. The van der Waals surface area contributed by atoms with Gasteiger partial charge in [0.2, 0.25) is 0 Å². The number of hydrazine groups is 1. The molecule has 2 N–H and O–H groups in total. The summed E-state index contributed by atoms with van der Waals surface area (Å²) in [6, 6.07) is 9.65. The molecule has 1 aromatic heterocycles. The highest BCUT2D eigenvalue weighted by atomic mass is 16.5. The lowest BCUT2D eigenvalue weighted by Crippen LogP contribution is -2.41. The Morgan fingerprint density at radius 3 is 2.58 bits per heavy atom. The van der Waals surface area contributed by atoms with Crippen LogP contribution in [0.1, 0.15) is 20.9 Å². The zero-order valence-corrected chi connectivity index (χ0v) is 10.2. The van der Waals surface area contributed by atoms with Crippen molar-refractivity contribution in [3.05, 3.63) is 54.0 Å². The van der Waals surface area contributed by atoms with Gasteiger partial charge in [0.15, 0.2) is 5.76 Å². The Balaban J connectivity index is 1.96. The van der Waals surface area contributed by atoms with Crippen LogP contribution >= 0.6 is 0 Å². The molecule has 0 aliphatic carbocycles. The lowest BCUT2D eigenvalue weighted by Gasteiger charge is -2.07. The minimum atomic E-state index is -0.527. The summed E-state index contributed by atoms with van der Waals surface area (Å²) in [5.41, 5.74) is 4.91. The van der Waals surface area contributed by atoms with E-state index in [1.54, 1.807) is 30.3 Å². The first-order chi connectivity index (χ1) is 9.20. The van der Waals surface area contributed by atoms with Crippen LogP contribution in [0.15, 0.2) is 47.1 Å². The molecule has 0 aliphatic heterocycles. The first kappa shape index (κ1) is 12.7. The smallest absolute Gasteiger partial charge is 0.305 e. The lowest BCUT2D eigenvalue weighted by molar-refractivity contribution is 0.0831. The summed E-state index contributed by atoms with van der Waals surface area (Å²) < 4.78 is 9.89. The minimum absolute atomic E-state index is 0.117. The molecule has 0 unspecified atom stereocenters. The number of ether oxygens (including phenoxy) is 1. The summed E-state index contributed by atoms with van der Waals surface area (Å²) in [4.78, 5) is 23.3. The predicted octanol–water partition coefficient (Wildman–Crippen LogP) is 1.36. The highest BCUT2D eigenvalue weighted by molar-refractivity contribution is 5.98. The van der Waals surface area contributed by atoms with Gasteiger partial charge in [0.05, 0.1) is 13.4 Å². The molecule has 98 valence electrons. The van der Waals surface area contributed by atoms with Crippen LogP contribution in [0, 0.1) is 0 Å². The van der Waals surface area contributed by atoms with E-state index in [0.717, 1.165) is 0 Å². The largest absolute Gasteiger partial charge is 0.497 e. The third kappa shape index (κ3) is 3.12. The number of amides is 2. The average molecular weight is 260 g/mol. The Morgan fingerprint density at radius 1 is 1.11 bits per heavy atom. The second-order valence-electron chi connectivity index (χ2n) is 3.62. The van der Waals surface area contributed by atoms with E-state index < -0.39 is 11.8 Å². The molecule has 0 saturated carbocycles. The number of carbonyl (C=O) groups excluding carboxylic acids is 2. The van der Waals surface area contributed by atoms with Crippen LogP contribution in [0.25, 0.3) is 0 Å². The summed E-state index contributed by atoms with van der Waals surface area (Å²) in [7, 11) is 1.51. The van der Waals surface area contributed by atoms with E-state index in [-0.39, 0.29) is 5.76 Å². The first-order valence-corrected chi connectivity index (χ1v) is 5.49. The molecular weight excluding hydrogens is 248 g/mol. The van der Waals surface area contributed by atoms with Gasteiger partial charge >= 0.3 is 5.91 Å². The molecule has 0 atom stereocenters. The Bertz CT molecular complexity index is 578. The van der Waals surface area contributed by atoms with Crippen LogP contribution in [-0.2, 0) is 0 Å². The lowest BCUT2D eigenvalue weighted by atomic mass is 10.2. The Kier molecular flexibility index (Phi) is 3.82. The molecule has 0 saturated heterocycles. The van der Waals surface area contributed by atoms with Crippen LogP contribution in [0.4, 0.5) is 0 Å². The van der Waals surface area contributed by atoms with Crippen molar-refractivity contribution in [1.29, 1.82) is 0 Å². The van der Waals surface area contributed by atoms with Crippen LogP contribution in [0.3, 0.4) is 0 Å². The second kappa shape index (κ2) is 5.72. The molecule has 2 amide bonds. The van der Waals surface area contributed by atoms with E-state index in [9.17, 15) is 9.59 Å². The molecule has 6 nitrogen and oxygen atoms in total. The summed E-state index contributed by atoms with van der Waals surface area (Å²) in [6.45, 7) is 0. The second-order valence-corrected chi connectivity index (χ2v) is 3.62. The number of hydrogen-bond donors (Lipinski definition) is 2. The third-order valence-electron chi connectivity index (χ3n) is 2.37. The molecule has 0 bridgehead atoms. The van der Waals surface area contributed by atoms with E-state index >= 15 is 0 Å². The minimum Gasteiger partial charge on any atom is -0.497 e. The van der Waals surface area contributed by atoms with E-state index in [0.29, 0.717) is 11.3 Å². The van der Waals surface area contributed by atoms with Gasteiger partial charge < -0.3 is 9.15 Å². The molecule has 2 rings (SSSR count). The van der Waals surface area contributed by atoms with Gasteiger partial charge in [0.25, 0.3) is 5.91 Å². The number of methoxy groups -OCH3 is 1. The van der Waals surface area contributed by atoms with E-state index in [4.69, 9.17) is 9.15 Å². The van der Waals surface area contributed by atoms with Gasteiger partial charge in [-0.15, -0.1) is 0 Å². The number of rotatable bonds is 3. The highest BCUT2D eigenvalue weighted by Gasteiger charge is 2.11. The fraction of sp³-hybridized carbons (Fsp3) is 0.0769. The number of benzene rings is 1. The normalized spacial score (nSPS) is 9.74. The van der Waals surface area contributed by atoms with Gasteiger partial charge in [-0.3, -0.25) is 20.4 Å².